The summed E-state index contributed by atoms with van der Waals surface area (Å²) in [5.41, 5.74) is 4.95. The molecule has 1 fully saturated rings. The highest BCUT2D eigenvalue weighted by molar-refractivity contribution is 5.68. The quantitative estimate of drug-likeness (QED) is 0.796. The Balaban J connectivity index is 1.80. The minimum atomic E-state index is -0.227. The number of carbonyl (C=O) groups excluding carboxylic acids is 1. The fourth-order valence-electron chi connectivity index (χ4n) is 1.81. The summed E-state index contributed by atoms with van der Waals surface area (Å²) in [6.07, 6.45) is 0.746. The molecule has 1 atom stereocenters. The van der Waals surface area contributed by atoms with Crippen molar-refractivity contribution in [2.24, 2.45) is 0 Å². The maximum atomic E-state index is 11.6. The molecule has 3 N–H and O–H groups in total. The Kier molecular flexibility index (Phi) is 3.41. The second-order valence-corrected chi connectivity index (χ2v) is 4.14. The summed E-state index contributed by atoms with van der Waals surface area (Å²) in [5.74, 6) is 0. The van der Waals surface area contributed by atoms with Crippen LogP contribution in [0.15, 0.2) is 30.3 Å². The van der Waals surface area contributed by atoms with E-state index in [0.29, 0.717) is 19.2 Å². The lowest BCUT2D eigenvalue weighted by atomic mass is 10.2. The molecule has 1 saturated heterocycles. The molecule has 0 unspecified atom stereocenters. The molecule has 4 heteroatoms. The van der Waals surface area contributed by atoms with E-state index < -0.39 is 0 Å². The summed E-state index contributed by atoms with van der Waals surface area (Å²) in [7, 11) is 0. The fourth-order valence-corrected chi connectivity index (χ4v) is 1.81. The average Bonchev–Trinajstić information content (AvgIpc) is 2.74. The normalized spacial score (nSPS) is 19.8. The van der Waals surface area contributed by atoms with Crippen LogP contribution in [0, 0.1) is 0 Å². The van der Waals surface area contributed by atoms with E-state index in [9.17, 15) is 4.79 Å². The van der Waals surface area contributed by atoms with Crippen LogP contribution in [0.5, 0.6) is 0 Å². The standard InChI is InChI=1S/C12H16N2O2/c13-11-6-7-14(8-11)12(15)16-9-10-4-2-1-3-5-10/h1-5,11H,6-9,13H2/p+1/t11-/m1/s1. The SMILES string of the molecule is [NH3+][C@@H]1CCN(C(=O)OCc2ccccc2)C1. The van der Waals surface area contributed by atoms with E-state index in [0.717, 1.165) is 18.5 Å². The highest BCUT2D eigenvalue weighted by Crippen LogP contribution is 2.09. The molecule has 0 saturated carbocycles. The van der Waals surface area contributed by atoms with Crippen molar-refractivity contribution in [1.29, 1.82) is 0 Å². The number of nitrogens with zero attached hydrogens (tertiary/aromatic N) is 1. The Morgan fingerprint density at radius 1 is 1.44 bits per heavy atom. The molecule has 0 bridgehead atoms. The summed E-state index contributed by atoms with van der Waals surface area (Å²) in [5, 5.41) is 0. The smallest absolute Gasteiger partial charge is 0.410 e. The third kappa shape index (κ3) is 2.73. The minimum Gasteiger partial charge on any atom is -0.445 e. The van der Waals surface area contributed by atoms with E-state index in [1.807, 2.05) is 30.3 Å². The number of amides is 1. The van der Waals surface area contributed by atoms with Crippen LogP contribution < -0.4 is 5.73 Å². The number of carbonyl (C=O) groups is 1. The van der Waals surface area contributed by atoms with E-state index in [1.165, 1.54) is 0 Å². The van der Waals surface area contributed by atoms with Crippen molar-refractivity contribution < 1.29 is 15.3 Å². The summed E-state index contributed by atoms with van der Waals surface area (Å²) in [6.45, 7) is 1.83. The first-order valence-corrected chi connectivity index (χ1v) is 5.54. The van der Waals surface area contributed by atoms with Gasteiger partial charge in [0.15, 0.2) is 0 Å². The summed E-state index contributed by atoms with van der Waals surface area (Å²) in [6, 6.07) is 10.1. The summed E-state index contributed by atoms with van der Waals surface area (Å²) < 4.78 is 5.22. The topological polar surface area (TPSA) is 57.2 Å². The van der Waals surface area contributed by atoms with Crippen molar-refractivity contribution >= 4 is 6.09 Å². The van der Waals surface area contributed by atoms with Gasteiger partial charge in [-0.2, -0.15) is 0 Å². The Morgan fingerprint density at radius 2 is 2.19 bits per heavy atom. The number of rotatable bonds is 2. The third-order valence-corrected chi connectivity index (χ3v) is 2.75. The Bertz CT molecular complexity index is 353. The summed E-state index contributed by atoms with van der Waals surface area (Å²) >= 11 is 0. The molecule has 16 heavy (non-hydrogen) atoms. The van der Waals surface area contributed by atoms with Crippen molar-refractivity contribution in [2.75, 3.05) is 13.1 Å². The van der Waals surface area contributed by atoms with Crippen molar-refractivity contribution in [3.63, 3.8) is 0 Å². The van der Waals surface area contributed by atoms with Gasteiger partial charge < -0.3 is 15.4 Å². The molecule has 1 aromatic rings. The molecular formula is C12H17N2O2+. The van der Waals surface area contributed by atoms with Crippen molar-refractivity contribution in [2.45, 2.75) is 19.1 Å². The predicted octanol–water partition coefficient (Wildman–Crippen LogP) is 0.639. The molecule has 1 aromatic carbocycles. The molecule has 1 aliphatic rings. The molecule has 4 nitrogen and oxygen atoms in total. The van der Waals surface area contributed by atoms with Crippen molar-refractivity contribution in [3.8, 4) is 0 Å². The average molecular weight is 221 g/mol. The molecule has 0 spiro atoms. The van der Waals surface area contributed by atoms with Gasteiger partial charge in [-0.1, -0.05) is 30.3 Å². The molecule has 86 valence electrons. The third-order valence-electron chi connectivity index (χ3n) is 2.75. The van der Waals surface area contributed by atoms with Gasteiger partial charge in [-0.25, -0.2) is 4.79 Å². The van der Waals surface area contributed by atoms with Gasteiger partial charge in [0, 0.05) is 13.0 Å². The number of ether oxygens (including phenoxy) is 1. The first kappa shape index (κ1) is 11.0. The Morgan fingerprint density at radius 3 is 2.81 bits per heavy atom. The fraction of sp³-hybridized carbons (Fsp3) is 0.417. The maximum Gasteiger partial charge on any atom is 0.410 e. The number of likely N-dealkylation sites (tertiary alicyclic amines) is 1. The van der Waals surface area contributed by atoms with E-state index in [2.05, 4.69) is 5.73 Å². The number of hydrogen-bond donors (Lipinski definition) is 1. The van der Waals surface area contributed by atoms with Crippen LogP contribution in [-0.4, -0.2) is 30.1 Å². The Hall–Kier alpha value is -1.55. The lowest BCUT2D eigenvalue weighted by Crippen LogP contribution is -2.62. The molecule has 1 heterocycles. The molecule has 2 rings (SSSR count). The second-order valence-electron chi connectivity index (χ2n) is 4.14. The van der Waals surface area contributed by atoms with Gasteiger partial charge in [0.05, 0.1) is 6.54 Å². The van der Waals surface area contributed by atoms with Gasteiger partial charge in [-0.15, -0.1) is 0 Å². The van der Waals surface area contributed by atoms with Gasteiger partial charge in [0.2, 0.25) is 0 Å². The minimum absolute atomic E-state index is 0.227. The maximum absolute atomic E-state index is 11.6. The van der Waals surface area contributed by atoms with Crippen LogP contribution in [0.25, 0.3) is 0 Å². The molecule has 0 aromatic heterocycles. The van der Waals surface area contributed by atoms with Crippen molar-refractivity contribution in [3.05, 3.63) is 35.9 Å². The zero-order chi connectivity index (χ0) is 11.4. The van der Waals surface area contributed by atoms with E-state index >= 15 is 0 Å². The first-order chi connectivity index (χ1) is 7.75. The predicted molar refractivity (Wildman–Crippen MR) is 59.5 cm³/mol. The monoisotopic (exact) mass is 221 g/mol. The van der Waals surface area contributed by atoms with Gasteiger partial charge in [-0.3, -0.25) is 0 Å². The molecule has 0 aliphatic carbocycles. The van der Waals surface area contributed by atoms with Crippen LogP contribution >= 0.6 is 0 Å². The van der Waals surface area contributed by atoms with Crippen LogP contribution in [0.1, 0.15) is 12.0 Å². The lowest BCUT2D eigenvalue weighted by molar-refractivity contribution is -0.413. The van der Waals surface area contributed by atoms with Crippen LogP contribution in [0.3, 0.4) is 0 Å². The number of quaternary nitrogens is 1. The van der Waals surface area contributed by atoms with Crippen LogP contribution in [0.2, 0.25) is 0 Å². The van der Waals surface area contributed by atoms with Gasteiger partial charge in [0.1, 0.15) is 12.6 Å². The van der Waals surface area contributed by atoms with E-state index in [4.69, 9.17) is 4.74 Å². The zero-order valence-electron chi connectivity index (χ0n) is 9.26. The molecular weight excluding hydrogens is 204 g/mol. The van der Waals surface area contributed by atoms with Gasteiger partial charge in [0.25, 0.3) is 0 Å². The Labute approximate surface area is 95.0 Å². The highest BCUT2D eigenvalue weighted by atomic mass is 16.6. The molecule has 0 radical (unpaired) electrons. The zero-order valence-corrected chi connectivity index (χ0v) is 9.26. The van der Waals surface area contributed by atoms with Gasteiger partial charge >= 0.3 is 6.09 Å². The van der Waals surface area contributed by atoms with Crippen LogP contribution in [0.4, 0.5) is 4.79 Å². The lowest BCUT2D eigenvalue weighted by Gasteiger charge is -2.14. The van der Waals surface area contributed by atoms with Gasteiger partial charge in [-0.05, 0) is 5.56 Å². The first-order valence-electron chi connectivity index (χ1n) is 5.54. The number of benzene rings is 1. The van der Waals surface area contributed by atoms with Crippen molar-refractivity contribution in [1.82, 2.24) is 4.90 Å². The van der Waals surface area contributed by atoms with E-state index in [-0.39, 0.29) is 6.09 Å². The highest BCUT2D eigenvalue weighted by Gasteiger charge is 2.26. The molecule has 1 amide bonds. The van der Waals surface area contributed by atoms with Crippen LogP contribution in [-0.2, 0) is 11.3 Å². The molecule has 1 aliphatic heterocycles. The number of hydrogen-bond acceptors (Lipinski definition) is 2. The largest absolute Gasteiger partial charge is 0.445 e. The summed E-state index contributed by atoms with van der Waals surface area (Å²) in [4.78, 5) is 13.4. The second kappa shape index (κ2) is 4.99. The van der Waals surface area contributed by atoms with E-state index in [1.54, 1.807) is 4.90 Å².